The number of nitrogens with zero attached hydrogens (tertiary/aromatic N) is 1. The summed E-state index contributed by atoms with van der Waals surface area (Å²) < 4.78 is 41.4. The lowest BCUT2D eigenvalue weighted by Crippen LogP contribution is -1.96. The van der Waals surface area contributed by atoms with Crippen LogP contribution in [0.4, 0.5) is 4.39 Å². The minimum atomic E-state index is -4.02. The highest BCUT2D eigenvalue weighted by molar-refractivity contribution is 7.85. The number of aromatic nitrogens is 1. The van der Waals surface area contributed by atoms with Crippen LogP contribution in [0.3, 0.4) is 0 Å². The Labute approximate surface area is 105 Å². The highest BCUT2D eigenvalue weighted by atomic mass is 32.2. The maximum Gasteiger partial charge on any atom is 0.294 e. The summed E-state index contributed by atoms with van der Waals surface area (Å²) in [6, 6.07) is 8.89. The van der Waals surface area contributed by atoms with Crippen molar-refractivity contribution in [3.8, 4) is 0 Å². The summed E-state index contributed by atoms with van der Waals surface area (Å²) in [5.41, 5.74) is 0.956. The lowest BCUT2D eigenvalue weighted by Gasteiger charge is -1.95. The second kappa shape index (κ2) is 6.23. The van der Waals surface area contributed by atoms with Crippen LogP contribution in [0.1, 0.15) is 5.56 Å². The van der Waals surface area contributed by atoms with Crippen molar-refractivity contribution >= 4 is 10.1 Å². The summed E-state index contributed by atoms with van der Waals surface area (Å²) in [7, 11) is -4.02. The van der Waals surface area contributed by atoms with E-state index < -0.39 is 10.1 Å². The quantitative estimate of drug-likeness (QED) is 0.807. The molecule has 0 amide bonds. The summed E-state index contributed by atoms with van der Waals surface area (Å²) >= 11 is 0. The van der Waals surface area contributed by atoms with Crippen LogP contribution >= 0.6 is 0 Å². The number of benzene rings is 1. The van der Waals surface area contributed by atoms with E-state index in [4.69, 9.17) is 4.55 Å². The van der Waals surface area contributed by atoms with Gasteiger partial charge in [-0.05, 0) is 31.2 Å². The molecule has 0 atom stereocenters. The summed E-state index contributed by atoms with van der Waals surface area (Å²) in [5.74, 6) is -0.289. The fourth-order valence-electron chi connectivity index (χ4n) is 1.05. The van der Waals surface area contributed by atoms with E-state index in [1.54, 1.807) is 18.2 Å². The molecule has 0 aliphatic rings. The van der Waals surface area contributed by atoms with E-state index in [1.807, 2.05) is 6.92 Å². The number of aryl methyl sites for hydroxylation is 1. The molecule has 18 heavy (non-hydrogen) atoms. The second-order valence-corrected chi connectivity index (χ2v) is 4.88. The van der Waals surface area contributed by atoms with Gasteiger partial charge in [0.1, 0.15) is 5.82 Å². The molecule has 1 aromatic heterocycles. The first-order valence-corrected chi connectivity index (χ1v) is 6.43. The molecule has 2 aromatic rings. The Balaban J connectivity index is 0.000000199. The van der Waals surface area contributed by atoms with Crippen molar-refractivity contribution in [1.29, 1.82) is 0 Å². The van der Waals surface area contributed by atoms with Gasteiger partial charge in [0.15, 0.2) is 0 Å². The SMILES string of the molecule is Cc1ccc(S(=O)(=O)O)cc1.Fc1cccnc1. The van der Waals surface area contributed by atoms with Gasteiger partial charge in [0.25, 0.3) is 10.1 Å². The zero-order chi connectivity index (χ0) is 13.6. The van der Waals surface area contributed by atoms with E-state index in [0.717, 1.165) is 5.56 Å². The maximum atomic E-state index is 11.8. The Hall–Kier alpha value is -1.79. The first kappa shape index (κ1) is 14.3. The molecule has 2 rings (SSSR count). The van der Waals surface area contributed by atoms with E-state index >= 15 is 0 Å². The molecule has 4 nitrogen and oxygen atoms in total. The van der Waals surface area contributed by atoms with Crippen LogP contribution in [-0.4, -0.2) is 18.0 Å². The molecular formula is C12H12FNO3S. The van der Waals surface area contributed by atoms with E-state index in [2.05, 4.69) is 4.98 Å². The van der Waals surface area contributed by atoms with Gasteiger partial charge >= 0.3 is 0 Å². The zero-order valence-corrected chi connectivity index (χ0v) is 10.4. The minimum Gasteiger partial charge on any atom is -0.282 e. The molecule has 0 aliphatic heterocycles. The summed E-state index contributed by atoms with van der Waals surface area (Å²) in [6.45, 7) is 1.84. The lowest BCUT2D eigenvalue weighted by molar-refractivity contribution is 0.483. The standard InChI is InChI=1S/C7H8O3S.C5H4FN/c1-6-2-4-7(5-3-6)11(8,9)10;6-5-2-1-3-7-4-5/h2-5H,1H3,(H,8,9,10);1-4H. The number of pyridine rings is 1. The third kappa shape index (κ3) is 5.03. The highest BCUT2D eigenvalue weighted by Crippen LogP contribution is 2.08. The number of halogens is 1. The summed E-state index contributed by atoms with van der Waals surface area (Å²) in [6.07, 6.45) is 2.70. The van der Waals surface area contributed by atoms with Gasteiger partial charge in [0.2, 0.25) is 0 Å². The molecule has 0 bridgehead atoms. The smallest absolute Gasteiger partial charge is 0.282 e. The van der Waals surface area contributed by atoms with Gasteiger partial charge in [-0.2, -0.15) is 8.42 Å². The van der Waals surface area contributed by atoms with Gasteiger partial charge in [-0.3, -0.25) is 9.54 Å². The van der Waals surface area contributed by atoms with E-state index in [9.17, 15) is 12.8 Å². The van der Waals surface area contributed by atoms with Crippen LogP contribution in [0.2, 0.25) is 0 Å². The fourth-order valence-corrected chi connectivity index (χ4v) is 1.53. The largest absolute Gasteiger partial charge is 0.294 e. The van der Waals surface area contributed by atoms with Crippen molar-refractivity contribution in [1.82, 2.24) is 4.98 Å². The zero-order valence-electron chi connectivity index (χ0n) is 9.62. The highest BCUT2D eigenvalue weighted by Gasteiger charge is 2.06. The van der Waals surface area contributed by atoms with Crippen molar-refractivity contribution in [2.75, 3.05) is 0 Å². The molecule has 0 fully saturated rings. The Morgan fingerprint density at radius 3 is 2.11 bits per heavy atom. The van der Waals surface area contributed by atoms with Crippen molar-refractivity contribution in [2.24, 2.45) is 0 Å². The van der Waals surface area contributed by atoms with Gasteiger partial charge in [0.05, 0.1) is 11.1 Å². The Morgan fingerprint density at radius 1 is 1.17 bits per heavy atom. The average Bonchev–Trinajstić information content (AvgIpc) is 2.30. The molecule has 0 saturated heterocycles. The molecule has 96 valence electrons. The van der Waals surface area contributed by atoms with Crippen molar-refractivity contribution in [3.63, 3.8) is 0 Å². The number of rotatable bonds is 1. The van der Waals surface area contributed by atoms with Crippen LogP contribution in [-0.2, 0) is 10.1 Å². The fraction of sp³-hybridized carbons (Fsp3) is 0.0833. The molecule has 0 spiro atoms. The van der Waals surface area contributed by atoms with E-state index in [1.165, 1.54) is 30.6 Å². The molecule has 0 radical (unpaired) electrons. The average molecular weight is 269 g/mol. The van der Waals surface area contributed by atoms with Crippen LogP contribution < -0.4 is 0 Å². The Morgan fingerprint density at radius 2 is 1.78 bits per heavy atom. The predicted molar refractivity (Wildman–Crippen MR) is 65.2 cm³/mol. The minimum absolute atomic E-state index is 0.0666. The topological polar surface area (TPSA) is 67.3 Å². The van der Waals surface area contributed by atoms with Crippen molar-refractivity contribution < 1.29 is 17.4 Å². The Kier molecular flexibility index (Phi) is 4.94. The third-order valence-corrected chi connectivity index (χ3v) is 2.81. The molecule has 1 N–H and O–H groups in total. The number of hydrogen-bond acceptors (Lipinski definition) is 3. The normalized spacial score (nSPS) is 10.4. The van der Waals surface area contributed by atoms with Gasteiger partial charge in [-0.1, -0.05) is 17.7 Å². The van der Waals surface area contributed by atoms with Crippen LogP contribution in [0.25, 0.3) is 0 Å². The first-order chi connectivity index (χ1) is 8.39. The molecule has 0 aliphatic carbocycles. The summed E-state index contributed by atoms with van der Waals surface area (Å²) in [4.78, 5) is 3.44. The van der Waals surface area contributed by atoms with Gasteiger partial charge in [-0.15, -0.1) is 0 Å². The maximum absolute atomic E-state index is 11.8. The van der Waals surface area contributed by atoms with Gasteiger partial charge < -0.3 is 0 Å². The van der Waals surface area contributed by atoms with Crippen LogP contribution in [0.5, 0.6) is 0 Å². The van der Waals surface area contributed by atoms with Crippen LogP contribution in [0.15, 0.2) is 53.7 Å². The third-order valence-electron chi connectivity index (χ3n) is 1.94. The molecule has 1 aromatic carbocycles. The first-order valence-electron chi connectivity index (χ1n) is 4.99. The lowest BCUT2D eigenvalue weighted by atomic mass is 10.2. The van der Waals surface area contributed by atoms with Gasteiger partial charge in [-0.25, -0.2) is 4.39 Å². The monoisotopic (exact) mass is 269 g/mol. The van der Waals surface area contributed by atoms with Crippen molar-refractivity contribution in [3.05, 3.63) is 60.2 Å². The molecule has 0 saturated carbocycles. The second-order valence-electron chi connectivity index (χ2n) is 3.46. The molecule has 6 heteroatoms. The predicted octanol–water partition coefficient (Wildman–Crippen LogP) is 2.46. The Bertz CT molecular complexity index is 582. The van der Waals surface area contributed by atoms with Crippen molar-refractivity contribution in [2.45, 2.75) is 11.8 Å². The molecule has 0 unspecified atom stereocenters. The van der Waals surface area contributed by atoms with Gasteiger partial charge in [0, 0.05) is 6.20 Å². The molecule has 1 heterocycles. The van der Waals surface area contributed by atoms with Crippen LogP contribution in [0, 0.1) is 12.7 Å². The number of hydrogen-bond donors (Lipinski definition) is 1. The summed E-state index contributed by atoms with van der Waals surface area (Å²) in [5, 5.41) is 0. The van der Waals surface area contributed by atoms with E-state index in [0.29, 0.717) is 0 Å². The van der Waals surface area contributed by atoms with E-state index in [-0.39, 0.29) is 10.7 Å². The molecular weight excluding hydrogens is 257 g/mol.